The Balaban J connectivity index is 2.93. The smallest absolute Gasteiger partial charge is 0.324 e. The maximum atomic E-state index is 11.3. The Kier molecular flexibility index (Phi) is 3.77. The van der Waals surface area contributed by atoms with Crippen LogP contribution in [0.1, 0.15) is 32.6 Å². The maximum absolute atomic E-state index is 11.3. The Morgan fingerprint density at radius 3 is 1.88 bits per heavy atom. The van der Waals surface area contributed by atoms with Crippen LogP contribution in [-0.2, 0) is 19.1 Å². The summed E-state index contributed by atoms with van der Waals surface area (Å²) in [6.07, 6.45) is 1.07. The molecule has 0 radical (unpaired) electrons. The summed E-state index contributed by atoms with van der Waals surface area (Å²) in [6, 6.07) is 0. The average Bonchev–Trinajstić information content (AvgIpc) is 2.14. The van der Waals surface area contributed by atoms with E-state index >= 15 is 0 Å². The molecule has 1 fully saturated rings. The Morgan fingerprint density at radius 1 is 1.19 bits per heavy atom. The number of carbonyl (C=O) groups excluding carboxylic acids is 2. The zero-order valence-corrected chi connectivity index (χ0v) is 9.49. The average molecular weight is 253 g/mol. The molecule has 6 nitrogen and oxygen atoms in total. The summed E-state index contributed by atoms with van der Waals surface area (Å²) < 4.78 is 9.36. The number of rotatable bonds is 1. The van der Waals surface area contributed by atoms with Gasteiger partial charge in [0.15, 0.2) is 0 Å². The van der Waals surface area contributed by atoms with Crippen LogP contribution in [0.5, 0.6) is 0 Å². The molecule has 0 aliphatic carbocycles. The fraction of sp³-hybridized carbons (Fsp3) is 0.778. The van der Waals surface area contributed by atoms with Crippen LogP contribution in [0.2, 0.25) is 0 Å². The number of esters is 2. The van der Waals surface area contributed by atoms with E-state index in [4.69, 9.17) is 11.6 Å². The monoisotopic (exact) mass is 252 g/mol. The minimum Gasteiger partial charge on any atom is -0.416 e. The third-order valence-corrected chi connectivity index (χ3v) is 2.55. The van der Waals surface area contributed by atoms with Gasteiger partial charge in [0.1, 0.15) is 0 Å². The van der Waals surface area contributed by atoms with Crippen LogP contribution >= 0.6 is 11.6 Å². The molecular weight excluding hydrogens is 240 g/mol. The molecule has 0 spiro atoms. The van der Waals surface area contributed by atoms with Crippen LogP contribution < -0.4 is 0 Å². The second-order valence-electron chi connectivity index (χ2n) is 3.69. The summed E-state index contributed by atoms with van der Waals surface area (Å²) in [7, 11) is 0. The van der Waals surface area contributed by atoms with E-state index in [9.17, 15) is 19.8 Å². The van der Waals surface area contributed by atoms with E-state index in [2.05, 4.69) is 9.47 Å². The first-order chi connectivity index (χ1) is 7.24. The molecule has 16 heavy (non-hydrogen) atoms. The minimum atomic E-state index is -2.97. The topological polar surface area (TPSA) is 93.1 Å². The van der Waals surface area contributed by atoms with Crippen molar-refractivity contribution in [2.75, 3.05) is 0 Å². The molecule has 1 aliphatic heterocycles. The minimum absolute atomic E-state index is 0.0686. The summed E-state index contributed by atoms with van der Waals surface area (Å²) in [5, 5.41) is 15.5. The van der Waals surface area contributed by atoms with Crippen LogP contribution in [0.4, 0.5) is 0 Å². The standard InChI is InChI=1S/C9H13ClO6/c1-8(9(10,13)14)15-6(11)4-2-3-5-7(12)16-8/h13-14H,2-5H2,1H3. The van der Waals surface area contributed by atoms with Crippen molar-refractivity contribution < 1.29 is 29.3 Å². The number of alkyl halides is 1. The maximum Gasteiger partial charge on any atom is 0.324 e. The van der Waals surface area contributed by atoms with E-state index < -0.39 is 23.0 Å². The number of halogens is 1. The first kappa shape index (κ1) is 13.2. The number of cyclic esters (lactones) is 2. The number of aliphatic hydroxyl groups is 2. The third kappa shape index (κ3) is 3.07. The molecule has 2 N–H and O–H groups in total. The van der Waals surface area contributed by atoms with Crippen molar-refractivity contribution in [3.8, 4) is 0 Å². The molecular formula is C9H13ClO6. The van der Waals surface area contributed by atoms with Crippen molar-refractivity contribution in [2.45, 2.75) is 43.6 Å². The Hall–Kier alpha value is -0.850. The predicted molar refractivity (Wildman–Crippen MR) is 52.1 cm³/mol. The first-order valence-electron chi connectivity index (χ1n) is 4.82. The van der Waals surface area contributed by atoms with Gasteiger partial charge in [0.25, 0.3) is 0 Å². The van der Waals surface area contributed by atoms with Crippen LogP contribution in [0.25, 0.3) is 0 Å². The summed E-state index contributed by atoms with van der Waals surface area (Å²) in [5.41, 5.74) is 0. The van der Waals surface area contributed by atoms with Crippen molar-refractivity contribution >= 4 is 23.5 Å². The molecule has 0 aromatic heterocycles. The van der Waals surface area contributed by atoms with Crippen LogP contribution in [0, 0.1) is 0 Å². The van der Waals surface area contributed by atoms with Gasteiger partial charge in [0, 0.05) is 19.8 Å². The molecule has 0 atom stereocenters. The van der Waals surface area contributed by atoms with Crippen LogP contribution in [0.15, 0.2) is 0 Å². The highest BCUT2D eigenvalue weighted by Crippen LogP contribution is 2.31. The predicted octanol–water partition coefficient (Wildman–Crippen LogP) is 0.240. The fourth-order valence-corrected chi connectivity index (χ4v) is 1.30. The van der Waals surface area contributed by atoms with E-state index in [1.54, 1.807) is 0 Å². The summed E-state index contributed by atoms with van der Waals surface area (Å²) in [6.45, 7) is 1.02. The van der Waals surface area contributed by atoms with E-state index in [1.165, 1.54) is 0 Å². The number of hydrogen-bond acceptors (Lipinski definition) is 6. The molecule has 7 heteroatoms. The molecule has 1 aliphatic rings. The lowest BCUT2D eigenvalue weighted by molar-refractivity contribution is -0.316. The first-order valence-corrected chi connectivity index (χ1v) is 5.20. The lowest BCUT2D eigenvalue weighted by Gasteiger charge is -2.34. The van der Waals surface area contributed by atoms with E-state index in [0.717, 1.165) is 6.92 Å². The third-order valence-electron chi connectivity index (χ3n) is 2.21. The highest BCUT2D eigenvalue weighted by Gasteiger charge is 2.52. The van der Waals surface area contributed by atoms with Crippen molar-refractivity contribution in [3.05, 3.63) is 0 Å². The Morgan fingerprint density at radius 2 is 1.56 bits per heavy atom. The number of ether oxygens (including phenoxy) is 2. The number of carbonyl (C=O) groups is 2. The zero-order chi connectivity index (χ0) is 12.4. The van der Waals surface area contributed by atoms with Gasteiger partial charge < -0.3 is 19.7 Å². The van der Waals surface area contributed by atoms with E-state index in [0.29, 0.717) is 12.8 Å². The second-order valence-corrected chi connectivity index (χ2v) is 4.22. The number of hydrogen-bond donors (Lipinski definition) is 2. The highest BCUT2D eigenvalue weighted by molar-refractivity contribution is 6.22. The molecule has 1 rings (SSSR count). The lowest BCUT2D eigenvalue weighted by Crippen LogP contribution is -2.54. The van der Waals surface area contributed by atoms with Gasteiger partial charge in [-0.15, -0.1) is 0 Å². The molecule has 0 aromatic carbocycles. The van der Waals surface area contributed by atoms with Crippen LogP contribution in [-0.4, -0.2) is 33.2 Å². The SMILES string of the molecule is CC1(C(O)(O)Cl)OC(=O)CCCCC(=O)O1. The van der Waals surface area contributed by atoms with Crippen LogP contribution in [0.3, 0.4) is 0 Å². The summed E-state index contributed by atoms with van der Waals surface area (Å²) in [4.78, 5) is 22.5. The molecule has 92 valence electrons. The quantitative estimate of drug-likeness (QED) is 0.395. The fourth-order valence-electron chi connectivity index (χ4n) is 1.23. The van der Waals surface area contributed by atoms with Gasteiger partial charge >= 0.3 is 23.0 Å². The van der Waals surface area contributed by atoms with E-state index in [-0.39, 0.29) is 12.8 Å². The molecule has 0 bridgehead atoms. The molecule has 0 unspecified atom stereocenters. The largest absolute Gasteiger partial charge is 0.416 e. The lowest BCUT2D eigenvalue weighted by atomic mass is 10.2. The second kappa shape index (κ2) is 4.57. The van der Waals surface area contributed by atoms with Crippen molar-refractivity contribution in [2.24, 2.45) is 0 Å². The highest BCUT2D eigenvalue weighted by atomic mass is 35.5. The van der Waals surface area contributed by atoms with Gasteiger partial charge in [-0.2, -0.15) is 0 Å². The molecule has 0 saturated carbocycles. The molecule has 1 heterocycles. The molecule has 1 saturated heterocycles. The summed E-state index contributed by atoms with van der Waals surface area (Å²) >= 11 is 5.22. The Bertz CT molecular complexity index is 275. The van der Waals surface area contributed by atoms with Crippen molar-refractivity contribution in [3.63, 3.8) is 0 Å². The van der Waals surface area contributed by atoms with Gasteiger partial charge in [-0.25, -0.2) is 0 Å². The van der Waals surface area contributed by atoms with Crippen molar-refractivity contribution in [1.29, 1.82) is 0 Å². The van der Waals surface area contributed by atoms with Crippen molar-refractivity contribution in [1.82, 2.24) is 0 Å². The zero-order valence-electron chi connectivity index (χ0n) is 8.73. The molecule has 0 aromatic rings. The normalized spacial score (nSPS) is 22.5. The van der Waals surface area contributed by atoms with Gasteiger partial charge in [-0.1, -0.05) is 0 Å². The van der Waals surface area contributed by atoms with Gasteiger partial charge in [0.2, 0.25) is 0 Å². The van der Waals surface area contributed by atoms with Gasteiger partial charge in [-0.3, -0.25) is 9.59 Å². The van der Waals surface area contributed by atoms with Gasteiger partial charge in [-0.05, 0) is 24.4 Å². The van der Waals surface area contributed by atoms with E-state index in [1.807, 2.05) is 0 Å². The molecule has 0 amide bonds. The van der Waals surface area contributed by atoms with Gasteiger partial charge in [0.05, 0.1) is 0 Å². The summed E-state index contributed by atoms with van der Waals surface area (Å²) in [5.74, 6) is -3.71. The Labute approximate surface area is 97.1 Å².